The molecule has 0 N–H and O–H groups in total. The van der Waals surface area contributed by atoms with Crippen molar-refractivity contribution in [2.75, 3.05) is 56.7 Å². The summed E-state index contributed by atoms with van der Waals surface area (Å²) < 4.78 is 11.6. The number of esters is 1. The maximum atomic E-state index is 11.9. The van der Waals surface area contributed by atoms with Crippen LogP contribution < -0.4 is 9.80 Å². The van der Waals surface area contributed by atoms with E-state index in [-0.39, 0.29) is 11.9 Å². The molecule has 2 saturated heterocycles. The highest BCUT2D eigenvalue weighted by Gasteiger charge is 2.35. The molecule has 1 atom stereocenters. The fourth-order valence-electron chi connectivity index (χ4n) is 5.44. The van der Waals surface area contributed by atoms with E-state index in [0.717, 1.165) is 41.9 Å². The summed E-state index contributed by atoms with van der Waals surface area (Å²) in [5.74, 6) is 0.0522. The third-order valence-electron chi connectivity index (χ3n) is 7.43. The Bertz CT molecular complexity index is 1300. The van der Waals surface area contributed by atoms with Gasteiger partial charge in [-0.15, -0.1) is 0 Å². The molecule has 0 aliphatic carbocycles. The van der Waals surface area contributed by atoms with Crippen molar-refractivity contribution in [2.45, 2.75) is 32.7 Å². The Balaban J connectivity index is 1.58. The Morgan fingerprint density at radius 1 is 1.22 bits per heavy atom. The molecule has 0 bridgehead atoms. The molecule has 2 aliphatic rings. The number of benzene rings is 2. The van der Waals surface area contributed by atoms with E-state index < -0.39 is 0 Å². The summed E-state index contributed by atoms with van der Waals surface area (Å²) in [5.41, 5.74) is 5.86. The fraction of sp³-hybridized carbons (Fsp3) is 0.464. The molecule has 2 aromatic carbocycles. The lowest BCUT2D eigenvalue weighted by atomic mass is 9.93. The van der Waals surface area contributed by atoms with Crippen LogP contribution in [0.4, 0.5) is 11.7 Å². The summed E-state index contributed by atoms with van der Waals surface area (Å²) >= 11 is 0. The monoisotopic (exact) mass is 487 g/mol. The molecule has 0 spiro atoms. The lowest BCUT2D eigenvalue weighted by molar-refractivity contribution is -0.144. The summed E-state index contributed by atoms with van der Waals surface area (Å²) in [4.78, 5) is 23.4. The molecular formula is C28H33N5O3. The van der Waals surface area contributed by atoms with Crippen molar-refractivity contribution in [1.82, 2.24) is 9.88 Å². The minimum absolute atomic E-state index is 0.165. The summed E-state index contributed by atoms with van der Waals surface area (Å²) in [6.07, 6.45) is 1.46. The highest BCUT2D eigenvalue weighted by molar-refractivity contribution is 6.03. The van der Waals surface area contributed by atoms with Crippen LogP contribution in [0.5, 0.6) is 0 Å². The number of nitrogens with zero attached hydrogens (tertiary/aromatic N) is 5. The second-order valence-corrected chi connectivity index (χ2v) is 10.0. The van der Waals surface area contributed by atoms with Gasteiger partial charge in [0.25, 0.3) is 6.01 Å². The molecule has 188 valence electrons. The van der Waals surface area contributed by atoms with Gasteiger partial charge in [0.2, 0.25) is 0 Å². The van der Waals surface area contributed by atoms with Gasteiger partial charge in [-0.3, -0.25) is 4.79 Å². The molecule has 36 heavy (non-hydrogen) atoms. The first-order valence-electron chi connectivity index (χ1n) is 12.7. The van der Waals surface area contributed by atoms with E-state index in [2.05, 4.69) is 42.1 Å². The lowest BCUT2D eigenvalue weighted by Crippen LogP contribution is -2.47. The SMILES string of the molecule is CCOC(=O)CC1CN(c2nc3c(C#N)c(C)c(-c4ccccc4)c(N4CC[C@H](N(C)C)C4)c3o2)C1. The second kappa shape index (κ2) is 9.82. The number of rotatable bonds is 7. The predicted molar refractivity (Wildman–Crippen MR) is 140 cm³/mol. The van der Waals surface area contributed by atoms with E-state index in [0.29, 0.717) is 54.8 Å². The zero-order valence-corrected chi connectivity index (χ0v) is 21.5. The van der Waals surface area contributed by atoms with E-state index in [1.165, 1.54) is 0 Å². The van der Waals surface area contributed by atoms with E-state index in [4.69, 9.17) is 14.1 Å². The Labute approximate surface area is 212 Å². The van der Waals surface area contributed by atoms with Crippen LogP contribution in [0.3, 0.4) is 0 Å². The number of nitriles is 1. The van der Waals surface area contributed by atoms with Crippen molar-refractivity contribution >= 4 is 28.8 Å². The first-order chi connectivity index (χ1) is 17.4. The van der Waals surface area contributed by atoms with Crippen LogP contribution in [0, 0.1) is 24.2 Å². The summed E-state index contributed by atoms with van der Waals surface area (Å²) in [6, 6.07) is 13.6. The summed E-state index contributed by atoms with van der Waals surface area (Å²) in [7, 11) is 4.24. The highest BCUT2D eigenvalue weighted by Crippen LogP contribution is 2.45. The van der Waals surface area contributed by atoms with Crippen molar-refractivity contribution in [1.29, 1.82) is 5.26 Å². The third-order valence-corrected chi connectivity index (χ3v) is 7.43. The number of hydrogen-bond acceptors (Lipinski definition) is 8. The van der Waals surface area contributed by atoms with Gasteiger partial charge < -0.3 is 23.9 Å². The molecule has 0 amide bonds. The zero-order chi connectivity index (χ0) is 25.4. The van der Waals surface area contributed by atoms with Gasteiger partial charge in [-0.2, -0.15) is 10.2 Å². The minimum Gasteiger partial charge on any atom is -0.466 e. The molecule has 3 heterocycles. The number of ether oxygens (including phenoxy) is 1. The minimum atomic E-state index is -0.165. The number of anilines is 2. The molecule has 1 aromatic heterocycles. The van der Waals surface area contributed by atoms with E-state index >= 15 is 0 Å². The van der Waals surface area contributed by atoms with Crippen LogP contribution in [-0.2, 0) is 9.53 Å². The molecule has 3 aromatic rings. The molecule has 0 radical (unpaired) electrons. The van der Waals surface area contributed by atoms with Crippen molar-refractivity contribution < 1.29 is 13.9 Å². The molecule has 8 nitrogen and oxygen atoms in total. The molecular weight excluding hydrogens is 454 g/mol. The zero-order valence-electron chi connectivity index (χ0n) is 21.5. The summed E-state index contributed by atoms with van der Waals surface area (Å²) in [5, 5.41) is 10.2. The Morgan fingerprint density at radius 2 is 1.97 bits per heavy atom. The first kappa shape index (κ1) is 24.1. The Morgan fingerprint density at radius 3 is 2.61 bits per heavy atom. The van der Waals surface area contributed by atoms with Crippen molar-refractivity contribution in [2.24, 2.45) is 5.92 Å². The first-order valence-corrected chi connectivity index (χ1v) is 12.7. The van der Waals surface area contributed by atoms with E-state index in [1.54, 1.807) is 0 Å². The number of oxazole rings is 1. The topological polar surface area (TPSA) is 85.8 Å². The van der Waals surface area contributed by atoms with Gasteiger partial charge in [0.15, 0.2) is 5.58 Å². The molecule has 0 unspecified atom stereocenters. The second-order valence-electron chi connectivity index (χ2n) is 10.0. The van der Waals surface area contributed by atoms with Crippen LogP contribution in [-0.4, -0.2) is 68.8 Å². The van der Waals surface area contributed by atoms with Crippen LogP contribution in [0.2, 0.25) is 0 Å². The smallest absolute Gasteiger partial charge is 0.306 e. The van der Waals surface area contributed by atoms with Gasteiger partial charge in [0.1, 0.15) is 11.6 Å². The van der Waals surface area contributed by atoms with Crippen molar-refractivity contribution in [3.63, 3.8) is 0 Å². The van der Waals surface area contributed by atoms with Gasteiger partial charge in [-0.1, -0.05) is 30.3 Å². The van der Waals surface area contributed by atoms with Gasteiger partial charge in [0.05, 0.1) is 24.3 Å². The largest absolute Gasteiger partial charge is 0.466 e. The Kier molecular flexibility index (Phi) is 6.59. The van der Waals surface area contributed by atoms with Gasteiger partial charge in [-0.25, -0.2) is 0 Å². The fourth-order valence-corrected chi connectivity index (χ4v) is 5.44. The average Bonchev–Trinajstić information content (AvgIpc) is 3.49. The van der Waals surface area contributed by atoms with Crippen LogP contribution in [0.25, 0.3) is 22.2 Å². The predicted octanol–water partition coefficient (Wildman–Crippen LogP) is 4.20. The quantitative estimate of drug-likeness (QED) is 0.458. The van der Waals surface area contributed by atoms with Crippen molar-refractivity contribution in [3.05, 3.63) is 41.5 Å². The van der Waals surface area contributed by atoms with Gasteiger partial charge >= 0.3 is 5.97 Å². The average molecular weight is 488 g/mol. The van der Waals surface area contributed by atoms with Gasteiger partial charge in [-0.05, 0) is 45.5 Å². The lowest BCUT2D eigenvalue weighted by Gasteiger charge is -2.37. The van der Waals surface area contributed by atoms with Gasteiger partial charge in [0, 0.05) is 43.7 Å². The number of aromatic nitrogens is 1. The summed E-state index contributed by atoms with van der Waals surface area (Å²) in [6.45, 7) is 7.38. The number of carbonyl (C=O) groups is 1. The number of hydrogen-bond donors (Lipinski definition) is 0. The number of likely N-dealkylation sites (N-methyl/N-ethyl adjacent to an activating group) is 1. The number of fused-ring (bicyclic) bond motifs is 1. The standard InChI is InChI=1S/C28H33N5O3/c1-5-35-23(34)13-19-15-33(16-19)28-30-25-22(14-29)18(2)24(20-9-7-6-8-10-20)26(27(25)36-28)32-12-11-21(17-32)31(3)4/h6-10,19,21H,5,11-13,15-17H2,1-4H3/t21-/m0/s1. The normalized spacial score (nSPS) is 18.1. The molecule has 2 aliphatic heterocycles. The third kappa shape index (κ3) is 4.28. The van der Waals surface area contributed by atoms with Crippen LogP contribution >= 0.6 is 0 Å². The van der Waals surface area contributed by atoms with Crippen LogP contribution in [0.15, 0.2) is 34.7 Å². The Hall–Kier alpha value is -3.57. The molecule has 8 heteroatoms. The van der Waals surface area contributed by atoms with E-state index in [1.807, 2.05) is 36.9 Å². The van der Waals surface area contributed by atoms with Crippen LogP contribution in [0.1, 0.15) is 30.9 Å². The van der Waals surface area contributed by atoms with Crippen molar-refractivity contribution in [3.8, 4) is 17.2 Å². The molecule has 2 fully saturated rings. The van der Waals surface area contributed by atoms with E-state index in [9.17, 15) is 10.1 Å². The maximum Gasteiger partial charge on any atom is 0.306 e. The number of carbonyl (C=O) groups excluding carboxylic acids is 1. The molecule has 5 rings (SSSR count). The highest BCUT2D eigenvalue weighted by atomic mass is 16.5. The maximum absolute atomic E-state index is 11.9. The molecule has 0 saturated carbocycles.